The number of nitrogens with one attached hydrogen (secondary N) is 1. The second-order valence-corrected chi connectivity index (χ2v) is 5.57. The molecule has 3 N–H and O–H groups in total. The van der Waals surface area contributed by atoms with Crippen LogP contribution in [0, 0.1) is 11.6 Å². The molecule has 0 bridgehead atoms. The van der Waals surface area contributed by atoms with Crippen molar-refractivity contribution in [2.24, 2.45) is 0 Å². The second kappa shape index (κ2) is 11.3. The lowest BCUT2D eigenvalue weighted by Crippen LogP contribution is -2.33. The van der Waals surface area contributed by atoms with Crippen molar-refractivity contribution >= 4 is 35.5 Å². The molecule has 0 spiro atoms. The Balaban J connectivity index is 3.10. The summed E-state index contributed by atoms with van der Waals surface area (Å²) in [5.74, 6) is -9.12. The minimum atomic E-state index is -2.05. The summed E-state index contributed by atoms with van der Waals surface area (Å²) in [6.07, 6.45) is -4.62. The van der Waals surface area contributed by atoms with Crippen LogP contribution in [0.4, 0.5) is 14.5 Å². The third kappa shape index (κ3) is 8.50. The summed E-state index contributed by atoms with van der Waals surface area (Å²) in [5.41, 5.74) is -0.623. The molecule has 11 nitrogen and oxygen atoms in total. The van der Waals surface area contributed by atoms with Gasteiger partial charge in [0.1, 0.15) is 12.8 Å². The molecule has 0 aliphatic heterocycles. The van der Waals surface area contributed by atoms with Crippen molar-refractivity contribution in [3.05, 3.63) is 29.3 Å². The Hall–Kier alpha value is -3.77. The molecule has 1 aromatic carbocycles. The fraction of sp³-hybridized carbons (Fsp3) is 0.353. The van der Waals surface area contributed by atoms with E-state index in [4.69, 9.17) is 10.2 Å². The monoisotopic (exact) mass is 433 g/mol. The zero-order valence-electron chi connectivity index (χ0n) is 15.5. The Morgan fingerprint density at radius 3 is 2.00 bits per heavy atom. The number of ether oxygens (including phenoxy) is 3. The fourth-order valence-corrected chi connectivity index (χ4v) is 2.05. The van der Waals surface area contributed by atoms with Gasteiger partial charge in [0.25, 0.3) is 0 Å². The van der Waals surface area contributed by atoms with Crippen LogP contribution in [0.2, 0.25) is 0 Å². The number of rotatable bonds is 11. The van der Waals surface area contributed by atoms with Gasteiger partial charge in [0.05, 0.1) is 6.61 Å². The van der Waals surface area contributed by atoms with Gasteiger partial charge in [-0.05, 0) is 12.1 Å². The van der Waals surface area contributed by atoms with Crippen molar-refractivity contribution in [3.63, 3.8) is 0 Å². The molecular formula is C17H17F2NO10. The number of hydrogen-bond acceptors (Lipinski definition) is 9. The number of halogens is 2. The number of anilines is 1. The molecule has 0 radical (unpaired) electrons. The highest BCUT2D eigenvalue weighted by atomic mass is 19.2. The Bertz CT molecular complexity index is 812. The van der Waals surface area contributed by atoms with Crippen LogP contribution >= 0.6 is 0 Å². The molecule has 13 heteroatoms. The van der Waals surface area contributed by atoms with Gasteiger partial charge in [-0.15, -0.1) is 0 Å². The molecule has 1 aromatic rings. The third-order valence-electron chi connectivity index (χ3n) is 3.19. The van der Waals surface area contributed by atoms with Crippen LogP contribution < -0.4 is 5.32 Å². The first-order valence-electron chi connectivity index (χ1n) is 8.19. The van der Waals surface area contributed by atoms with Gasteiger partial charge >= 0.3 is 36.3 Å². The summed E-state index contributed by atoms with van der Waals surface area (Å²) in [6, 6.07) is 1.69. The molecule has 0 amide bonds. The molecule has 0 saturated heterocycles. The van der Waals surface area contributed by atoms with Crippen LogP contribution in [0.3, 0.4) is 0 Å². The number of benzene rings is 1. The van der Waals surface area contributed by atoms with Crippen LogP contribution in [0.15, 0.2) is 12.1 Å². The summed E-state index contributed by atoms with van der Waals surface area (Å²) in [6.45, 7) is 0.758. The normalized spacial score (nSPS) is 10.3. The van der Waals surface area contributed by atoms with Gasteiger partial charge < -0.3 is 29.7 Å². The van der Waals surface area contributed by atoms with E-state index in [-0.39, 0.29) is 24.3 Å². The maximum absolute atomic E-state index is 14.2. The minimum Gasteiger partial charge on any atom is -0.481 e. The number of carboxylic acid groups (broad SMARTS) is 2. The van der Waals surface area contributed by atoms with Crippen molar-refractivity contribution < 1.29 is 57.2 Å². The molecule has 0 saturated carbocycles. The van der Waals surface area contributed by atoms with E-state index in [1.807, 2.05) is 0 Å². The van der Waals surface area contributed by atoms with Crippen LogP contribution in [0.25, 0.3) is 0 Å². The summed E-state index contributed by atoms with van der Waals surface area (Å²) in [5, 5.41) is 19.4. The number of hydrogen-bond donors (Lipinski definition) is 3. The van der Waals surface area contributed by atoms with Gasteiger partial charge in [0.15, 0.2) is 11.6 Å². The van der Waals surface area contributed by atoms with Gasteiger partial charge in [-0.2, -0.15) is 0 Å². The van der Waals surface area contributed by atoms with E-state index in [0.29, 0.717) is 6.07 Å². The Kier molecular flexibility index (Phi) is 9.13. The van der Waals surface area contributed by atoms with Crippen LogP contribution in [-0.4, -0.2) is 53.1 Å². The average molecular weight is 433 g/mol. The van der Waals surface area contributed by atoms with E-state index in [1.54, 1.807) is 0 Å². The molecule has 0 aliphatic carbocycles. The fourth-order valence-electron chi connectivity index (χ4n) is 2.05. The van der Waals surface area contributed by atoms with Crippen molar-refractivity contribution in [1.82, 2.24) is 0 Å². The molecule has 0 fully saturated rings. The number of carbonyl (C=O) groups is 5. The molecular weight excluding hydrogens is 416 g/mol. The maximum atomic E-state index is 14.2. The summed E-state index contributed by atoms with van der Waals surface area (Å²) in [4.78, 5) is 55.2. The molecule has 0 heterocycles. The van der Waals surface area contributed by atoms with Crippen LogP contribution in [0.5, 0.6) is 0 Å². The SMILES string of the molecule is CC(=O)OCCc1c(NC(OC(=O)CC(=O)O)OC(=O)CC(=O)O)ccc(F)c1F. The Morgan fingerprint density at radius 2 is 1.53 bits per heavy atom. The van der Waals surface area contributed by atoms with E-state index in [2.05, 4.69) is 19.5 Å². The predicted octanol–water partition coefficient (Wildman–Crippen LogP) is 0.802. The van der Waals surface area contributed by atoms with E-state index >= 15 is 0 Å². The molecule has 1 rings (SSSR count). The van der Waals surface area contributed by atoms with Crippen molar-refractivity contribution in [1.29, 1.82) is 0 Å². The first kappa shape index (κ1) is 24.3. The van der Waals surface area contributed by atoms with E-state index < -0.39 is 60.7 Å². The zero-order valence-corrected chi connectivity index (χ0v) is 15.5. The van der Waals surface area contributed by atoms with Crippen molar-refractivity contribution in [2.45, 2.75) is 32.6 Å². The standard InChI is InChI=1S/C17H17F2NO10/c1-8(21)28-5-4-9-11(3-2-10(18)16(9)19)20-17(29-14(26)6-12(22)23)30-15(27)7-13(24)25/h2-3,17,20H,4-7H2,1H3,(H,22,23)(H,24,25). The molecule has 0 aromatic heterocycles. The lowest BCUT2D eigenvalue weighted by molar-refractivity contribution is -0.184. The first-order valence-corrected chi connectivity index (χ1v) is 8.19. The van der Waals surface area contributed by atoms with Gasteiger partial charge in [0, 0.05) is 24.6 Å². The topological polar surface area (TPSA) is 166 Å². The highest BCUT2D eigenvalue weighted by Crippen LogP contribution is 2.24. The maximum Gasteiger partial charge on any atom is 0.329 e. The number of carbonyl (C=O) groups excluding carboxylic acids is 3. The van der Waals surface area contributed by atoms with Gasteiger partial charge in [-0.25, -0.2) is 8.78 Å². The summed E-state index contributed by atoms with van der Waals surface area (Å²) in [7, 11) is 0. The van der Waals surface area contributed by atoms with E-state index in [9.17, 15) is 32.8 Å². The number of carboxylic acids is 2. The lowest BCUT2D eigenvalue weighted by Gasteiger charge is -2.21. The first-order chi connectivity index (χ1) is 14.0. The third-order valence-corrected chi connectivity index (χ3v) is 3.19. The smallest absolute Gasteiger partial charge is 0.329 e. The Morgan fingerprint density at radius 1 is 1.00 bits per heavy atom. The summed E-state index contributed by atoms with van der Waals surface area (Å²) >= 11 is 0. The Labute approximate surface area is 167 Å². The molecule has 0 aliphatic rings. The molecule has 0 unspecified atom stereocenters. The number of aliphatic carboxylic acids is 2. The molecule has 164 valence electrons. The zero-order chi connectivity index (χ0) is 22.8. The highest BCUT2D eigenvalue weighted by molar-refractivity contribution is 5.91. The molecule has 0 atom stereocenters. The van der Waals surface area contributed by atoms with Gasteiger partial charge in [-0.1, -0.05) is 0 Å². The van der Waals surface area contributed by atoms with Gasteiger partial charge in [0.2, 0.25) is 0 Å². The summed E-state index contributed by atoms with van der Waals surface area (Å²) < 4.78 is 41.7. The quantitative estimate of drug-likeness (QED) is 0.257. The second-order valence-electron chi connectivity index (χ2n) is 5.57. The number of esters is 3. The van der Waals surface area contributed by atoms with E-state index in [1.165, 1.54) is 0 Å². The molecule has 30 heavy (non-hydrogen) atoms. The average Bonchev–Trinajstić information content (AvgIpc) is 2.58. The minimum absolute atomic E-state index is 0.252. The van der Waals surface area contributed by atoms with E-state index in [0.717, 1.165) is 13.0 Å². The van der Waals surface area contributed by atoms with Crippen molar-refractivity contribution in [2.75, 3.05) is 11.9 Å². The lowest BCUT2D eigenvalue weighted by atomic mass is 10.1. The van der Waals surface area contributed by atoms with Crippen LogP contribution in [-0.2, 0) is 44.6 Å². The van der Waals surface area contributed by atoms with Crippen molar-refractivity contribution in [3.8, 4) is 0 Å². The van der Waals surface area contributed by atoms with Crippen LogP contribution in [0.1, 0.15) is 25.3 Å². The highest BCUT2D eigenvalue weighted by Gasteiger charge is 2.24. The predicted molar refractivity (Wildman–Crippen MR) is 90.8 cm³/mol. The van der Waals surface area contributed by atoms with Gasteiger partial charge in [-0.3, -0.25) is 24.0 Å². The largest absolute Gasteiger partial charge is 0.481 e.